The van der Waals surface area contributed by atoms with Gasteiger partial charge in [0, 0.05) is 22.9 Å². The summed E-state index contributed by atoms with van der Waals surface area (Å²) in [6.07, 6.45) is 7.88. The van der Waals surface area contributed by atoms with E-state index >= 15 is 0 Å². The highest BCUT2D eigenvalue weighted by Crippen LogP contribution is 2.48. The molecule has 1 aromatic rings. The zero-order valence-electron chi connectivity index (χ0n) is 11.7. The second-order valence-corrected chi connectivity index (χ2v) is 6.90. The fourth-order valence-corrected chi connectivity index (χ4v) is 3.57. The normalized spacial score (nSPS) is 18.3. The molecule has 0 spiro atoms. The van der Waals surface area contributed by atoms with E-state index < -0.39 is 5.97 Å². The molecule has 0 radical (unpaired) electrons. The Balaban J connectivity index is 1.53. The van der Waals surface area contributed by atoms with Gasteiger partial charge >= 0.3 is 5.97 Å². The minimum Gasteiger partial charge on any atom is -0.478 e. The zero-order valence-corrected chi connectivity index (χ0v) is 12.6. The molecule has 2 aliphatic rings. The summed E-state index contributed by atoms with van der Waals surface area (Å²) in [6, 6.07) is 1.74. The standard InChI is InChI=1S/C16H19NO3S/c18-15(19)6-5-13-7-12(9-21-13)16(20)17-8-14(10-1-2-10)11-3-4-11/h5-7,9-11,14H,1-4,8H2,(H,17,20)(H,18,19). The van der Waals surface area contributed by atoms with Crippen LogP contribution in [-0.4, -0.2) is 23.5 Å². The molecule has 1 aromatic heterocycles. The van der Waals surface area contributed by atoms with E-state index in [0.717, 1.165) is 29.3 Å². The Labute approximate surface area is 127 Å². The summed E-state index contributed by atoms with van der Waals surface area (Å²) < 4.78 is 0. The van der Waals surface area contributed by atoms with Crippen molar-refractivity contribution < 1.29 is 14.7 Å². The Bertz CT molecular complexity index is 558. The number of carboxylic acids is 1. The molecule has 112 valence electrons. The van der Waals surface area contributed by atoms with Crippen LogP contribution in [0.15, 0.2) is 17.5 Å². The van der Waals surface area contributed by atoms with Crippen molar-refractivity contribution in [1.82, 2.24) is 5.32 Å². The highest BCUT2D eigenvalue weighted by molar-refractivity contribution is 7.11. The molecular weight excluding hydrogens is 286 g/mol. The zero-order chi connectivity index (χ0) is 14.8. The van der Waals surface area contributed by atoms with E-state index in [1.807, 2.05) is 0 Å². The van der Waals surface area contributed by atoms with E-state index in [9.17, 15) is 9.59 Å². The quantitative estimate of drug-likeness (QED) is 0.761. The van der Waals surface area contributed by atoms with Crippen LogP contribution in [0, 0.1) is 17.8 Å². The molecule has 0 bridgehead atoms. The minimum absolute atomic E-state index is 0.0486. The van der Waals surface area contributed by atoms with Crippen molar-refractivity contribution in [2.45, 2.75) is 25.7 Å². The molecule has 0 aromatic carbocycles. The van der Waals surface area contributed by atoms with Crippen LogP contribution >= 0.6 is 11.3 Å². The maximum atomic E-state index is 12.1. The number of nitrogens with one attached hydrogen (secondary N) is 1. The molecule has 21 heavy (non-hydrogen) atoms. The van der Waals surface area contributed by atoms with Gasteiger partial charge in [-0.3, -0.25) is 4.79 Å². The molecular formula is C16H19NO3S. The molecule has 0 unspecified atom stereocenters. The van der Waals surface area contributed by atoms with E-state index in [0.29, 0.717) is 11.5 Å². The lowest BCUT2D eigenvalue weighted by Crippen LogP contribution is -2.30. The van der Waals surface area contributed by atoms with Crippen LogP contribution < -0.4 is 5.32 Å². The summed E-state index contributed by atoms with van der Waals surface area (Å²) in [5, 5.41) is 13.4. The van der Waals surface area contributed by atoms with Gasteiger partial charge in [-0.25, -0.2) is 4.79 Å². The molecule has 1 amide bonds. The highest BCUT2D eigenvalue weighted by Gasteiger charge is 2.41. The Kier molecular flexibility index (Phi) is 4.10. The summed E-state index contributed by atoms with van der Waals surface area (Å²) in [7, 11) is 0. The smallest absolute Gasteiger partial charge is 0.328 e. The topological polar surface area (TPSA) is 66.4 Å². The van der Waals surface area contributed by atoms with E-state index in [1.54, 1.807) is 11.4 Å². The number of amides is 1. The predicted molar refractivity (Wildman–Crippen MR) is 82.3 cm³/mol. The van der Waals surface area contributed by atoms with E-state index in [-0.39, 0.29) is 5.91 Å². The predicted octanol–water partition coefficient (Wildman–Crippen LogP) is 3.01. The van der Waals surface area contributed by atoms with Crippen LogP contribution in [0.1, 0.15) is 40.9 Å². The van der Waals surface area contributed by atoms with Crippen LogP contribution in [0.4, 0.5) is 0 Å². The van der Waals surface area contributed by atoms with Crippen LogP contribution in [0.3, 0.4) is 0 Å². The molecule has 3 rings (SSSR count). The van der Waals surface area contributed by atoms with Crippen LogP contribution in [0.5, 0.6) is 0 Å². The summed E-state index contributed by atoms with van der Waals surface area (Å²) in [5.74, 6) is 1.29. The summed E-state index contributed by atoms with van der Waals surface area (Å²) in [6.45, 7) is 0.782. The molecule has 0 aliphatic heterocycles. The SMILES string of the molecule is O=C(O)C=Cc1cc(C(=O)NCC(C2CC2)C2CC2)cs1. The van der Waals surface area contributed by atoms with Gasteiger partial charge in [-0.05, 0) is 55.6 Å². The lowest BCUT2D eigenvalue weighted by molar-refractivity contribution is -0.131. The van der Waals surface area contributed by atoms with Gasteiger partial charge in [0.1, 0.15) is 0 Å². The van der Waals surface area contributed by atoms with E-state index in [4.69, 9.17) is 5.11 Å². The van der Waals surface area contributed by atoms with Crippen molar-refractivity contribution in [3.63, 3.8) is 0 Å². The van der Waals surface area contributed by atoms with Gasteiger partial charge < -0.3 is 10.4 Å². The number of carbonyl (C=O) groups excluding carboxylic acids is 1. The molecule has 2 saturated carbocycles. The van der Waals surface area contributed by atoms with Crippen LogP contribution in [0.2, 0.25) is 0 Å². The minimum atomic E-state index is -0.980. The lowest BCUT2D eigenvalue weighted by Gasteiger charge is -2.15. The van der Waals surface area contributed by atoms with Crippen molar-refractivity contribution in [3.05, 3.63) is 28.0 Å². The number of hydrogen-bond acceptors (Lipinski definition) is 3. The number of carboxylic acid groups (broad SMARTS) is 1. The first-order valence-corrected chi connectivity index (χ1v) is 8.29. The third kappa shape index (κ3) is 3.94. The third-order valence-corrected chi connectivity index (χ3v) is 5.12. The molecule has 2 N–H and O–H groups in total. The van der Waals surface area contributed by atoms with E-state index in [2.05, 4.69) is 5.32 Å². The molecule has 0 atom stereocenters. The van der Waals surface area contributed by atoms with Gasteiger partial charge in [0.25, 0.3) is 5.91 Å². The molecule has 2 aliphatic carbocycles. The summed E-state index contributed by atoms with van der Waals surface area (Å²) in [5.41, 5.74) is 0.621. The van der Waals surface area contributed by atoms with Crippen LogP contribution in [0.25, 0.3) is 6.08 Å². The number of aliphatic carboxylic acids is 1. The molecule has 4 nitrogen and oxygen atoms in total. The monoisotopic (exact) mass is 305 g/mol. The maximum absolute atomic E-state index is 12.1. The molecule has 1 heterocycles. The Hall–Kier alpha value is -1.62. The van der Waals surface area contributed by atoms with Gasteiger partial charge in [-0.1, -0.05) is 0 Å². The third-order valence-electron chi connectivity index (χ3n) is 4.23. The van der Waals surface area contributed by atoms with Gasteiger partial charge in [-0.2, -0.15) is 0 Å². The van der Waals surface area contributed by atoms with Crippen molar-refractivity contribution in [3.8, 4) is 0 Å². The number of rotatable bonds is 7. The average molecular weight is 305 g/mol. The van der Waals surface area contributed by atoms with Crippen molar-refractivity contribution >= 4 is 29.3 Å². The summed E-state index contributed by atoms with van der Waals surface area (Å²) >= 11 is 1.38. The Morgan fingerprint density at radius 3 is 2.57 bits per heavy atom. The van der Waals surface area contributed by atoms with Gasteiger partial charge in [0.2, 0.25) is 0 Å². The molecule has 0 saturated heterocycles. The fraction of sp³-hybridized carbons (Fsp3) is 0.500. The fourth-order valence-electron chi connectivity index (χ4n) is 2.79. The lowest BCUT2D eigenvalue weighted by atomic mass is 9.98. The average Bonchev–Trinajstić information content (AvgIpc) is 3.37. The number of thiophene rings is 1. The van der Waals surface area contributed by atoms with Crippen molar-refractivity contribution in [2.24, 2.45) is 17.8 Å². The second-order valence-electron chi connectivity index (χ2n) is 5.96. The van der Waals surface area contributed by atoms with Crippen molar-refractivity contribution in [1.29, 1.82) is 0 Å². The Morgan fingerprint density at radius 1 is 1.33 bits per heavy atom. The van der Waals surface area contributed by atoms with E-state index in [1.165, 1.54) is 43.1 Å². The van der Waals surface area contributed by atoms with Crippen molar-refractivity contribution in [2.75, 3.05) is 6.54 Å². The molecule has 5 heteroatoms. The van der Waals surface area contributed by atoms with Gasteiger partial charge in [0.15, 0.2) is 0 Å². The highest BCUT2D eigenvalue weighted by atomic mass is 32.1. The largest absolute Gasteiger partial charge is 0.478 e. The first-order chi connectivity index (χ1) is 10.1. The Morgan fingerprint density at radius 2 is 2.00 bits per heavy atom. The van der Waals surface area contributed by atoms with Crippen LogP contribution in [-0.2, 0) is 4.79 Å². The van der Waals surface area contributed by atoms with Gasteiger partial charge in [-0.15, -0.1) is 11.3 Å². The van der Waals surface area contributed by atoms with Gasteiger partial charge in [0.05, 0.1) is 5.56 Å². The summed E-state index contributed by atoms with van der Waals surface area (Å²) in [4.78, 5) is 23.4. The first-order valence-electron chi connectivity index (χ1n) is 7.41. The number of carbonyl (C=O) groups is 2. The second kappa shape index (κ2) is 6.02. The first kappa shape index (κ1) is 14.3. The number of hydrogen-bond donors (Lipinski definition) is 2. The molecule has 2 fully saturated rings. The maximum Gasteiger partial charge on any atom is 0.328 e.